The van der Waals surface area contributed by atoms with Crippen molar-refractivity contribution in [3.8, 4) is 0 Å². The van der Waals surface area contributed by atoms with Gasteiger partial charge < -0.3 is 0 Å². The van der Waals surface area contributed by atoms with Crippen LogP contribution in [-0.4, -0.2) is 0 Å². The van der Waals surface area contributed by atoms with E-state index in [1.54, 1.807) is 0 Å². The van der Waals surface area contributed by atoms with E-state index < -0.39 is 0 Å². The lowest BCUT2D eigenvalue weighted by atomic mass is 9.89. The van der Waals surface area contributed by atoms with Crippen molar-refractivity contribution >= 4 is 5.57 Å². The molecule has 3 rings (SSSR count). The molecule has 0 amide bonds. The SMILES string of the molecule is CC1=C(c2ccc(Cc3ccccc3)cc2C)C=CCC1. The molecule has 0 saturated heterocycles. The molecule has 0 radical (unpaired) electrons. The second-order valence-corrected chi connectivity index (χ2v) is 5.95. The number of hydrogen-bond acceptors (Lipinski definition) is 0. The third kappa shape index (κ3) is 3.16. The van der Waals surface area contributed by atoms with Crippen molar-refractivity contribution in [3.05, 3.63) is 88.5 Å². The first-order chi connectivity index (χ1) is 10.2. The van der Waals surface area contributed by atoms with Gasteiger partial charge in [0.2, 0.25) is 0 Å². The summed E-state index contributed by atoms with van der Waals surface area (Å²) in [6, 6.07) is 17.6. The number of aryl methyl sites for hydroxylation is 1. The van der Waals surface area contributed by atoms with Crippen molar-refractivity contribution in [3.63, 3.8) is 0 Å². The second kappa shape index (κ2) is 6.13. The average Bonchev–Trinajstić information content (AvgIpc) is 2.50. The highest BCUT2D eigenvalue weighted by atomic mass is 14.1. The van der Waals surface area contributed by atoms with Gasteiger partial charge in [-0.3, -0.25) is 0 Å². The van der Waals surface area contributed by atoms with Crippen molar-refractivity contribution in [2.24, 2.45) is 0 Å². The zero-order chi connectivity index (χ0) is 14.7. The summed E-state index contributed by atoms with van der Waals surface area (Å²) in [5, 5.41) is 0. The summed E-state index contributed by atoms with van der Waals surface area (Å²) in [7, 11) is 0. The van der Waals surface area contributed by atoms with Gasteiger partial charge in [0.1, 0.15) is 0 Å². The first-order valence-electron chi connectivity index (χ1n) is 7.74. The van der Waals surface area contributed by atoms with Crippen LogP contribution < -0.4 is 0 Å². The lowest BCUT2D eigenvalue weighted by molar-refractivity contribution is 0.966. The fraction of sp³-hybridized carbons (Fsp3) is 0.238. The smallest absolute Gasteiger partial charge is 0.00257 e. The molecule has 0 saturated carbocycles. The summed E-state index contributed by atoms with van der Waals surface area (Å²) in [5.41, 5.74) is 8.46. The van der Waals surface area contributed by atoms with Crippen LogP contribution in [0, 0.1) is 6.92 Å². The summed E-state index contributed by atoms with van der Waals surface area (Å²) in [6.07, 6.45) is 7.96. The maximum Gasteiger partial charge on any atom is -0.00257 e. The van der Waals surface area contributed by atoms with E-state index in [-0.39, 0.29) is 0 Å². The Labute approximate surface area is 127 Å². The molecule has 0 bridgehead atoms. The Morgan fingerprint density at radius 3 is 2.43 bits per heavy atom. The summed E-state index contributed by atoms with van der Waals surface area (Å²) >= 11 is 0. The molecule has 0 fully saturated rings. The molecule has 106 valence electrons. The predicted molar refractivity (Wildman–Crippen MR) is 91.4 cm³/mol. The maximum absolute atomic E-state index is 2.34. The fourth-order valence-corrected chi connectivity index (χ4v) is 3.07. The second-order valence-electron chi connectivity index (χ2n) is 5.95. The van der Waals surface area contributed by atoms with Gasteiger partial charge in [-0.05, 0) is 60.9 Å². The Hall–Kier alpha value is -2.08. The monoisotopic (exact) mass is 274 g/mol. The lowest BCUT2D eigenvalue weighted by Gasteiger charge is -2.16. The van der Waals surface area contributed by atoms with Gasteiger partial charge in [0.15, 0.2) is 0 Å². The Balaban J connectivity index is 1.88. The highest BCUT2D eigenvalue weighted by Gasteiger charge is 2.09. The van der Waals surface area contributed by atoms with E-state index in [9.17, 15) is 0 Å². The van der Waals surface area contributed by atoms with Crippen molar-refractivity contribution < 1.29 is 0 Å². The van der Waals surface area contributed by atoms with Gasteiger partial charge in [-0.25, -0.2) is 0 Å². The highest BCUT2D eigenvalue weighted by molar-refractivity contribution is 5.79. The molecule has 0 aliphatic heterocycles. The van der Waals surface area contributed by atoms with Crippen LogP contribution in [0.5, 0.6) is 0 Å². The third-order valence-corrected chi connectivity index (χ3v) is 4.26. The van der Waals surface area contributed by atoms with Crippen molar-refractivity contribution in [2.45, 2.75) is 33.1 Å². The molecule has 0 heterocycles. The largest absolute Gasteiger partial charge is 0.0836 e. The Kier molecular flexibility index (Phi) is 4.06. The quantitative estimate of drug-likeness (QED) is 0.672. The molecule has 1 aliphatic carbocycles. The third-order valence-electron chi connectivity index (χ3n) is 4.26. The van der Waals surface area contributed by atoms with Crippen LogP contribution in [0.25, 0.3) is 5.57 Å². The molecule has 0 aromatic heterocycles. The van der Waals surface area contributed by atoms with Gasteiger partial charge in [-0.2, -0.15) is 0 Å². The molecule has 2 aromatic rings. The summed E-state index contributed by atoms with van der Waals surface area (Å²) in [4.78, 5) is 0. The van der Waals surface area contributed by atoms with Gasteiger partial charge in [-0.15, -0.1) is 0 Å². The highest BCUT2D eigenvalue weighted by Crippen LogP contribution is 2.30. The molecular formula is C21H22. The van der Waals surface area contributed by atoms with Crippen LogP contribution in [0.2, 0.25) is 0 Å². The summed E-state index contributed by atoms with van der Waals surface area (Å²) in [6.45, 7) is 4.49. The summed E-state index contributed by atoms with van der Waals surface area (Å²) < 4.78 is 0. The zero-order valence-corrected chi connectivity index (χ0v) is 12.9. The summed E-state index contributed by atoms with van der Waals surface area (Å²) in [5.74, 6) is 0. The van der Waals surface area contributed by atoms with Gasteiger partial charge in [0, 0.05) is 0 Å². The Morgan fingerprint density at radius 1 is 0.905 bits per heavy atom. The first kappa shape index (κ1) is 13.9. The number of benzene rings is 2. The standard InChI is InChI=1S/C21H22/c1-16-8-6-7-11-20(16)21-13-12-19(14-17(21)2)15-18-9-4-3-5-10-18/h3-5,7,9-14H,6,8,15H2,1-2H3. The molecule has 21 heavy (non-hydrogen) atoms. The molecule has 0 spiro atoms. The lowest BCUT2D eigenvalue weighted by Crippen LogP contribution is -1.96. The average molecular weight is 274 g/mol. The molecule has 0 nitrogen and oxygen atoms in total. The van der Waals surface area contributed by atoms with Gasteiger partial charge in [0.05, 0.1) is 0 Å². The zero-order valence-electron chi connectivity index (χ0n) is 12.9. The Morgan fingerprint density at radius 2 is 1.71 bits per heavy atom. The van der Waals surface area contributed by atoms with Crippen LogP contribution in [0.15, 0.2) is 66.3 Å². The van der Waals surface area contributed by atoms with E-state index in [1.807, 2.05) is 0 Å². The minimum atomic E-state index is 1.01. The van der Waals surface area contributed by atoms with Crippen LogP contribution in [-0.2, 0) is 6.42 Å². The van der Waals surface area contributed by atoms with Gasteiger partial charge >= 0.3 is 0 Å². The molecule has 2 aromatic carbocycles. The topological polar surface area (TPSA) is 0 Å². The minimum absolute atomic E-state index is 1.01. The van der Waals surface area contributed by atoms with Gasteiger partial charge in [-0.1, -0.05) is 66.3 Å². The van der Waals surface area contributed by atoms with E-state index in [0.29, 0.717) is 0 Å². The van der Waals surface area contributed by atoms with Crippen molar-refractivity contribution in [1.82, 2.24) is 0 Å². The molecular weight excluding hydrogens is 252 g/mol. The van der Waals surface area contributed by atoms with Crippen LogP contribution in [0.4, 0.5) is 0 Å². The number of allylic oxidation sites excluding steroid dienone is 4. The number of rotatable bonds is 3. The van der Waals surface area contributed by atoms with E-state index in [1.165, 1.54) is 46.2 Å². The van der Waals surface area contributed by atoms with E-state index >= 15 is 0 Å². The Bertz CT molecular complexity index is 687. The first-order valence-corrected chi connectivity index (χ1v) is 7.74. The van der Waals surface area contributed by atoms with Crippen molar-refractivity contribution in [2.75, 3.05) is 0 Å². The van der Waals surface area contributed by atoms with Gasteiger partial charge in [0.25, 0.3) is 0 Å². The normalized spacial score (nSPS) is 14.6. The van der Waals surface area contributed by atoms with E-state index in [4.69, 9.17) is 0 Å². The van der Waals surface area contributed by atoms with E-state index in [2.05, 4.69) is 74.5 Å². The predicted octanol–water partition coefficient (Wildman–Crippen LogP) is 5.71. The molecule has 0 atom stereocenters. The molecule has 1 aliphatic rings. The molecule has 0 N–H and O–H groups in total. The maximum atomic E-state index is 2.34. The number of hydrogen-bond donors (Lipinski definition) is 0. The molecule has 0 heteroatoms. The van der Waals surface area contributed by atoms with Crippen LogP contribution in [0.1, 0.15) is 42.0 Å². The van der Waals surface area contributed by atoms with Crippen LogP contribution >= 0.6 is 0 Å². The van der Waals surface area contributed by atoms with Crippen molar-refractivity contribution in [1.29, 1.82) is 0 Å². The minimum Gasteiger partial charge on any atom is -0.0836 e. The van der Waals surface area contributed by atoms with E-state index in [0.717, 1.165) is 6.42 Å². The van der Waals surface area contributed by atoms with Crippen LogP contribution in [0.3, 0.4) is 0 Å². The molecule has 0 unspecified atom stereocenters. The fourth-order valence-electron chi connectivity index (χ4n) is 3.07.